The number of para-hydroxylation sites is 1. The van der Waals surface area contributed by atoms with Crippen LogP contribution in [0.1, 0.15) is 17.3 Å². The molecule has 2 N–H and O–H groups in total. The number of benzene rings is 1. The van der Waals surface area contributed by atoms with Crippen LogP contribution in [0.15, 0.2) is 30.6 Å². The molecule has 1 aromatic carbocycles. The first-order valence-corrected chi connectivity index (χ1v) is 6.19. The Bertz CT molecular complexity index is 638. The Balaban J connectivity index is 2.44. The van der Waals surface area contributed by atoms with Gasteiger partial charge in [0.15, 0.2) is 0 Å². The van der Waals surface area contributed by atoms with E-state index in [1.54, 1.807) is 38.5 Å². The van der Waals surface area contributed by atoms with Crippen molar-refractivity contribution in [2.75, 3.05) is 7.05 Å². The Morgan fingerprint density at radius 1 is 1.37 bits per heavy atom. The van der Waals surface area contributed by atoms with Gasteiger partial charge < -0.3 is 10.6 Å². The molecule has 0 radical (unpaired) electrons. The quantitative estimate of drug-likeness (QED) is 0.856. The molecule has 0 aliphatic rings. The minimum absolute atomic E-state index is 0.175. The van der Waals surface area contributed by atoms with Crippen LogP contribution in [0.25, 0.3) is 11.0 Å². The number of carbonyl (C=O) groups is 1. The van der Waals surface area contributed by atoms with Crippen molar-refractivity contribution in [2.24, 2.45) is 5.73 Å². The number of nitrogens with zero attached hydrogens (tertiary/aromatic N) is 3. The maximum absolute atomic E-state index is 12.4. The third-order valence-corrected chi connectivity index (χ3v) is 3.38. The monoisotopic (exact) mass is 274 g/mol. The van der Waals surface area contributed by atoms with Gasteiger partial charge in [-0.2, -0.15) is 0 Å². The molecule has 0 saturated carbocycles. The first-order valence-electron chi connectivity index (χ1n) is 5.78. The zero-order valence-electron chi connectivity index (χ0n) is 10.7. The van der Waals surface area contributed by atoms with Crippen molar-refractivity contribution in [1.29, 1.82) is 0 Å². The van der Waals surface area contributed by atoms with E-state index in [-0.39, 0.29) is 16.9 Å². The topological polar surface area (TPSA) is 72.1 Å². The molecule has 0 fully saturated rings. The van der Waals surface area contributed by atoms with Crippen molar-refractivity contribution in [3.05, 3.63) is 36.2 Å². The molecule has 1 heterocycles. The van der Waals surface area contributed by atoms with E-state index in [1.165, 1.54) is 4.90 Å². The molecule has 1 unspecified atom stereocenters. The molecule has 5 nitrogen and oxygen atoms in total. The highest BCUT2D eigenvalue weighted by molar-refractivity contribution is 7.80. The van der Waals surface area contributed by atoms with Crippen LogP contribution in [-0.2, 0) is 0 Å². The van der Waals surface area contributed by atoms with Crippen LogP contribution >= 0.6 is 12.2 Å². The molecule has 0 aliphatic carbocycles. The lowest BCUT2D eigenvalue weighted by Gasteiger charge is -2.24. The van der Waals surface area contributed by atoms with E-state index in [2.05, 4.69) is 9.97 Å². The number of likely N-dealkylation sites (N-methyl/N-ethyl adjacent to an activating group) is 1. The molecule has 1 amide bonds. The first kappa shape index (κ1) is 13.4. The highest BCUT2D eigenvalue weighted by Gasteiger charge is 2.21. The number of thiocarbonyl (C=S) groups is 1. The van der Waals surface area contributed by atoms with Crippen LogP contribution in [0.3, 0.4) is 0 Å². The minimum atomic E-state index is -0.311. The summed E-state index contributed by atoms with van der Waals surface area (Å²) in [6.45, 7) is 1.79. The van der Waals surface area contributed by atoms with Gasteiger partial charge in [0.1, 0.15) is 5.52 Å². The first-order chi connectivity index (χ1) is 9.02. The molecule has 6 heteroatoms. The van der Waals surface area contributed by atoms with Crippen LogP contribution in [0, 0.1) is 0 Å². The summed E-state index contributed by atoms with van der Waals surface area (Å²) < 4.78 is 0. The SMILES string of the molecule is CC(C(N)=S)N(C)C(=O)c1cccc2nccnc12. The van der Waals surface area contributed by atoms with Crippen molar-refractivity contribution in [1.82, 2.24) is 14.9 Å². The number of carbonyl (C=O) groups excluding carboxylic acids is 1. The van der Waals surface area contributed by atoms with Crippen molar-refractivity contribution in [2.45, 2.75) is 13.0 Å². The van der Waals surface area contributed by atoms with Gasteiger partial charge >= 0.3 is 0 Å². The average Bonchev–Trinajstić information content (AvgIpc) is 2.44. The van der Waals surface area contributed by atoms with Crippen molar-refractivity contribution in [3.8, 4) is 0 Å². The zero-order valence-corrected chi connectivity index (χ0v) is 11.5. The number of hydrogen-bond acceptors (Lipinski definition) is 4. The standard InChI is InChI=1S/C13H14N4OS/c1-8(12(14)19)17(2)13(18)9-4-3-5-10-11(9)16-7-6-15-10/h3-8H,1-2H3,(H2,14,19). The number of nitrogens with two attached hydrogens (primary N) is 1. The van der Waals surface area contributed by atoms with Gasteiger partial charge in [-0.3, -0.25) is 14.8 Å². The fraction of sp³-hybridized carbons (Fsp3) is 0.231. The molecule has 0 bridgehead atoms. The largest absolute Gasteiger partial charge is 0.392 e. The maximum atomic E-state index is 12.4. The number of rotatable bonds is 3. The third-order valence-electron chi connectivity index (χ3n) is 3.04. The minimum Gasteiger partial charge on any atom is -0.392 e. The Morgan fingerprint density at radius 3 is 2.74 bits per heavy atom. The van der Waals surface area contributed by atoms with E-state index in [4.69, 9.17) is 18.0 Å². The lowest BCUT2D eigenvalue weighted by atomic mass is 10.1. The predicted molar refractivity (Wildman–Crippen MR) is 77.9 cm³/mol. The van der Waals surface area contributed by atoms with Gasteiger partial charge in [-0.15, -0.1) is 0 Å². The summed E-state index contributed by atoms with van der Waals surface area (Å²) in [7, 11) is 1.67. The van der Waals surface area contributed by atoms with Crippen LogP contribution < -0.4 is 5.73 Å². The fourth-order valence-corrected chi connectivity index (χ4v) is 1.88. The average molecular weight is 274 g/mol. The zero-order chi connectivity index (χ0) is 14.0. The Labute approximate surface area is 116 Å². The highest BCUT2D eigenvalue weighted by Crippen LogP contribution is 2.16. The van der Waals surface area contributed by atoms with E-state index in [1.807, 2.05) is 6.07 Å². The third kappa shape index (κ3) is 2.53. The van der Waals surface area contributed by atoms with E-state index >= 15 is 0 Å². The second kappa shape index (κ2) is 5.27. The Hall–Kier alpha value is -2.08. The molecular weight excluding hydrogens is 260 g/mol. The number of fused-ring (bicyclic) bond motifs is 1. The molecular formula is C13H14N4OS. The lowest BCUT2D eigenvalue weighted by Crippen LogP contribution is -2.42. The number of hydrogen-bond donors (Lipinski definition) is 1. The van der Waals surface area contributed by atoms with Gasteiger partial charge in [-0.05, 0) is 19.1 Å². The molecule has 0 spiro atoms. The van der Waals surface area contributed by atoms with E-state index in [0.717, 1.165) is 0 Å². The summed E-state index contributed by atoms with van der Waals surface area (Å²) in [6, 6.07) is 5.01. The number of amides is 1. The molecule has 98 valence electrons. The fourth-order valence-electron chi connectivity index (χ4n) is 1.72. The van der Waals surface area contributed by atoms with Gasteiger partial charge in [0.25, 0.3) is 5.91 Å². The van der Waals surface area contributed by atoms with Gasteiger partial charge in [0.2, 0.25) is 0 Å². The van der Waals surface area contributed by atoms with Crippen molar-refractivity contribution >= 4 is 34.1 Å². The Kier molecular flexibility index (Phi) is 3.71. The molecule has 2 aromatic rings. The highest BCUT2D eigenvalue weighted by atomic mass is 32.1. The van der Waals surface area contributed by atoms with E-state index in [0.29, 0.717) is 16.6 Å². The second-order valence-electron chi connectivity index (χ2n) is 4.22. The second-order valence-corrected chi connectivity index (χ2v) is 4.70. The summed E-state index contributed by atoms with van der Waals surface area (Å²) in [5, 5.41) is 0. The smallest absolute Gasteiger partial charge is 0.256 e. The number of aromatic nitrogens is 2. The summed E-state index contributed by atoms with van der Waals surface area (Å²) in [6.07, 6.45) is 3.16. The van der Waals surface area contributed by atoms with Crippen LogP contribution in [0.5, 0.6) is 0 Å². The van der Waals surface area contributed by atoms with Gasteiger partial charge in [-0.1, -0.05) is 18.3 Å². The van der Waals surface area contributed by atoms with Gasteiger partial charge in [0.05, 0.1) is 22.1 Å². The van der Waals surface area contributed by atoms with Gasteiger partial charge in [-0.25, -0.2) is 0 Å². The molecule has 19 heavy (non-hydrogen) atoms. The molecule has 1 aromatic heterocycles. The van der Waals surface area contributed by atoms with Crippen molar-refractivity contribution in [3.63, 3.8) is 0 Å². The lowest BCUT2D eigenvalue weighted by molar-refractivity contribution is 0.0780. The summed E-state index contributed by atoms with van der Waals surface area (Å²) >= 11 is 4.92. The normalized spacial score (nSPS) is 12.1. The van der Waals surface area contributed by atoms with Crippen LogP contribution in [-0.4, -0.2) is 38.9 Å². The molecule has 0 aliphatic heterocycles. The summed E-state index contributed by atoms with van der Waals surface area (Å²) in [4.78, 5) is 22.6. The van der Waals surface area contributed by atoms with Gasteiger partial charge in [0, 0.05) is 19.4 Å². The molecule has 2 rings (SSSR count). The Morgan fingerprint density at radius 2 is 2.05 bits per heavy atom. The van der Waals surface area contributed by atoms with Crippen LogP contribution in [0.4, 0.5) is 0 Å². The molecule has 0 saturated heterocycles. The molecule has 1 atom stereocenters. The summed E-state index contributed by atoms with van der Waals surface area (Å²) in [5.41, 5.74) is 7.34. The van der Waals surface area contributed by atoms with Crippen LogP contribution in [0.2, 0.25) is 0 Å². The van der Waals surface area contributed by atoms with Crippen molar-refractivity contribution < 1.29 is 4.79 Å². The van der Waals surface area contributed by atoms with E-state index in [9.17, 15) is 4.79 Å². The van der Waals surface area contributed by atoms with E-state index < -0.39 is 0 Å². The summed E-state index contributed by atoms with van der Waals surface area (Å²) in [5.74, 6) is -0.175. The predicted octanol–water partition coefficient (Wildman–Crippen LogP) is 1.38. The maximum Gasteiger partial charge on any atom is 0.256 e.